The minimum Gasteiger partial charge on any atom is -0.493 e. The second-order valence-electron chi connectivity index (χ2n) is 6.20. The Morgan fingerprint density at radius 1 is 1.42 bits per heavy atom. The van der Waals surface area contributed by atoms with Crippen LogP contribution in [0, 0.1) is 13.8 Å². The molecule has 0 fully saturated rings. The number of hydrogen-bond acceptors (Lipinski definition) is 4. The van der Waals surface area contributed by atoms with Crippen LogP contribution in [0.4, 0.5) is 0 Å². The predicted molar refractivity (Wildman–Crippen MR) is 94.5 cm³/mol. The summed E-state index contributed by atoms with van der Waals surface area (Å²) < 4.78 is 7.70. The molecule has 0 radical (unpaired) electrons. The molecule has 0 aliphatic carbocycles. The highest BCUT2D eigenvalue weighted by Gasteiger charge is 2.21. The number of halogens is 1. The van der Waals surface area contributed by atoms with Crippen LogP contribution >= 0.6 is 11.6 Å². The second-order valence-corrected chi connectivity index (χ2v) is 6.64. The number of aryl methyl sites for hydroxylation is 1. The third-order valence-electron chi connectivity index (χ3n) is 4.61. The fraction of sp³-hybridized carbons (Fsp3) is 0.500. The van der Waals surface area contributed by atoms with E-state index in [0.29, 0.717) is 11.6 Å². The van der Waals surface area contributed by atoms with E-state index in [2.05, 4.69) is 23.4 Å². The first kappa shape index (κ1) is 17.3. The number of hydrogen-bond donors (Lipinski definition) is 2. The summed E-state index contributed by atoms with van der Waals surface area (Å²) in [5, 5.41) is 18.0. The van der Waals surface area contributed by atoms with Gasteiger partial charge in [0.1, 0.15) is 5.75 Å². The number of nitrogens with zero attached hydrogens (tertiary/aromatic N) is 2. The van der Waals surface area contributed by atoms with E-state index in [1.165, 1.54) is 5.56 Å². The molecule has 130 valence electrons. The number of fused-ring (bicyclic) bond motifs is 1. The minimum absolute atomic E-state index is 0.100. The molecular formula is C18H24ClN3O2. The van der Waals surface area contributed by atoms with Crippen molar-refractivity contribution in [3.05, 3.63) is 45.7 Å². The molecule has 1 unspecified atom stereocenters. The molecule has 1 aliphatic heterocycles. The number of nitrogens with one attached hydrogen (secondary N) is 1. The first-order chi connectivity index (χ1) is 11.6. The van der Waals surface area contributed by atoms with E-state index in [1.807, 2.05) is 23.7 Å². The van der Waals surface area contributed by atoms with Gasteiger partial charge in [-0.25, -0.2) is 0 Å². The summed E-state index contributed by atoms with van der Waals surface area (Å²) in [6.07, 6.45) is 2.03. The lowest BCUT2D eigenvalue weighted by molar-refractivity contribution is 0.267. The van der Waals surface area contributed by atoms with E-state index in [-0.39, 0.29) is 12.6 Å². The lowest BCUT2D eigenvalue weighted by Crippen LogP contribution is -2.21. The highest BCUT2D eigenvalue weighted by molar-refractivity contribution is 6.30. The zero-order chi connectivity index (χ0) is 17.1. The van der Waals surface area contributed by atoms with Crippen molar-refractivity contribution in [2.24, 2.45) is 0 Å². The molecule has 0 spiro atoms. The average Bonchev–Trinajstić information content (AvgIpc) is 2.72. The van der Waals surface area contributed by atoms with Gasteiger partial charge in [0, 0.05) is 34.4 Å². The van der Waals surface area contributed by atoms with Crippen LogP contribution < -0.4 is 10.1 Å². The third-order valence-corrected chi connectivity index (χ3v) is 4.85. The Balaban J connectivity index is 1.78. The van der Waals surface area contributed by atoms with Crippen LogP contribution in [0.15, 0.2) is 18.2 Å². The molecule has 0 amide bonds. The van der Waals surface area contributed by atoms with E-state index in [1.54, 1.807) is 0 Å². The molecule has 0 bridgehead atoms. The van der Waals surface area contributed by atoms with Gasteiger partial charge in [-0.15, -0.1) is 0 Å². The smallest absolute Gasteiger partial charge is 0.125 e. The Bertz CT molecular complexity index is 715. The quantitative estimate of drug-likeness (QED) is 0.870. The number of aliphatic hydroxyl groups is 1. The Morgan fingerprint density at radius 3 is 3.04 bits per heavy atom. The van der Waals surface area contributed by atoms with Gasteiger partial charge in [0.2, 0.25) is 0 Å². The highest BCUT2D eigenvalue weighted by atomic mass is 35.5. The summed E-state index contributed by atoms with van der Waals surface area (Å²) in [6, 6.07) is 6.10. The zero-order valence-electron chi connectivity index (χ0n) is 14.2. The lowest BCUT2D eigenvalue weighted by atomic mass is 10.0. The van der Waals surface area contributed by atoms with Gasteiger partial charge < -0.3 is 15.2 Å². The van der Waals surface area contributed by atoms with Gasteiger partial charge in [0.05, 0.1) is 25.5 Å². The molecule has 24 heavy (non-hydrogen) atoms. The SMILES string of the molecule is Cc1nn(CCO)c(C)c1CNC1CCCOc2cc(Cl)ccc21. The molecule has 0 saturated heterocycles. The first-order valence-electron chi connectivity index (χ1n) is 8.39. The van der Waals surface area contributed by atoms with Gasteiger partial charge in [-0.2, -0.15) is 5.10 Å². The van der Waals surface area contributed by atoms with Crippen molar-refractivity contribution in [3.63, 3.8) is 0 Å². The van der Waals surface area contributed by atoms with Crippen LogP contribution in [-0.4, -0.2) is 28.1 Å². The van der Waals surface area contributed by atoms with Gasteiger partial charge in [-0.1, -0.05) is 17.7 Å². The van der Waals surface area contributed by atoms with Crippen LogP contribution in [0.25, 0.3) is 0 Å². The summed E-state index contributed by atoms with van der Waals surface area (Å²) in [4.78, 5) is 0. The van der Waals surface area contributed by atoms with Gasteiger partial charge >= 0.3 is 0 Å². The molecule has 3 rings (SSSR count). The minimum atomic E-state index is 0.100. The molecule has 1 aromatic carbocycles. The number of aromatic nitrogens is 2. The molecule has 1 aromatic heterocycles. The average molecular weight is 350 g/mol. The van der Waals surface area contributed by atoms with Crippen LogP contribution in [0.1, 0.15) is 41.4 Å². The van der Waals surface area contributed by atoms with E-state index >= 15 is 0 Å². The highest BCUT2D eigenvalue weighted by Crippen LogP contribution is 2.34. The Morgan fingerprint density at radius 2 is 2.25 bits per heavy atom. The van der Waals surface area contributed by atoms with Crippen molar-refractivity contribution in [2.75, 3.05) is 13.2 Å². The fourth-order valence-corrected chi connectivity index (χ4v) is 3.45. The molecular weight excluding hydrogens is 326 g/mol. The first-order valence-corrected chi connectivity index (χ1v) is 8.77. The van der Waals surface area contributed by atoms with Crippen LogP contribution in [0.2, 0.25) is 5.02 Å². The standard InChI is InChI=1S/C18H24ClN3O2/c1-12-16(13(2)22(21-12)7-8-23)11-20-17-4-3-9-24-18-10-14(19)5-6-15(17)18/h5-6,10,17,20,23H,3-4,7-9,11H2,1-2H3. The van der Waals surface area contributed by atoms with Crippen LogP contribution in [-0.2, 0) is 13.1 Å². The van der Waals surface area contributed by atoms with Crippen LogP contribution in [0.3, 0.4) is 0 Å². The Labute approximate surface area is 147 Å². The van der Waals surface area contributed by atoms with Crippen molar-refractivity contribution >= 4 is 11.6 Å². The van der Waals surface area contributed by atoms with E-state index < -0.39 is 0 Å². The van der Waals surface area contributed by atoms with Crippen LogP contribution in [0.5, 0.6) is 5.75 Å². The van der Waals surface area contributed by atoms with Gasteiger partial charge in [-0.3, -0.25) is 4.68 Å². The van der Waals surface area contributed by atoms with Crippen molar-refractivity contribution in [1.82, 2.24) is 15.1 Å². The number of aliphatic hydroxyl groups excluding tert-OH is 1. The molecule has 2 aromatic rings. The van der Waals surface area contributed by atoms with Gasteiger partial charge in [0.15, 0.2) is 0 Å². The molecule has 0 saturated carbocycles. The van der Waals surface area contributed by atoms with Crippen molar-refractivity contribution in [3.8, 4) is 5.75 Å². The summed E-state index contributed by atoms with van der Waals surface area (Å²) in [6.45, 7) is 6.17. The molecule has 5 nitrogen and oxygen atoms in total. The number of ether oxygens (including phenoxy) is 1. The summed E-state index contributed by atoms with van der Waals surface area (Å²) in [7, 11) is 0. The maximum Gasteiger partial charge on any atom is 0.125 e. The molecule has 2 heterocycles. The monoisotopic (exact) mass is 349 g/mol. The predicted octanol–water partition coefficient (Wildman–Crippen LogP) is 3.15. The number of benzene rings is 1. The maximum absolute atomic E-state index is 9.14. The topological polar surface area (TPSA) is 59.3 Å². The molecule has 1 atom stereocenters. The van der Waals surface area contributed by atoms with Crippen molar-refractivity contribution in [1.29, 1.82) is 0 Å². The molecule has 1 aliphatic rings. The Kier molecular flexibility index (Phi) is 5.43. The largest absolute Gasteiger partial charge is 0.493 e. The normalized spacial score (nSPS) is 17.2. The second kappa shape index (κ2) is 7.55. The van der Waals surface area contributed by atoms with Crippen molar-refractivity contribution in [2.45, 2.75) is 45.8 Å². The Hall–Kier alpha value is -1.56. The van der Waals surface area contributed by atoms with Gasteiger partial charge in [-0.05, 0) is 38.8 Å². The van der Waals surface area contributed by atoms with E-state index in [9.17, 15) is 0 Å². The summed E-state index contributed by atoms with van der Waals surface area (Å²) >= 11 is 6.09. The maximum atomic E-state index is 9.14. The zero-order valence-corrected chi connectivity index (χ0v) is 14.9. The van der Waals surface area contributed by atoms with Crippen molar-refractivity contribution < 1.29 is 9.84 Å². The van der Waals surface area contributed by atoms with E-state index in [0.717, 1.165) is 48.7 Å². The molecule has 2 N–H and O–H groups in total. The lowest BCUT2D eigenvalue weighted by Gasteiger charge is -2.19. The van der Waals surface area contributed by atoms with Gasteiger partial charge in [0.25, 0.3) is 0 Å². The van der Waals surface area contributed by atoms with E-state index in [4.69, 9.17) is 21.4 Å². The fourth-order valence-electron chi connectivity index (χ4n) is 3.29. The molecule has 6 heteroatoms. The number of rotatable bonds is 5. The summed E-state index contributed by atoms with van der Waals surface area (Å²) in [5.41, 5.74) is 4.48. The third kappa shape index (κ3) is 3.58. The summed E-state index contributed by atoms with van der Waals surface area (Å²) in [5.74, 6) is 0.877.